The molecule has 5 atom stereocenters. The highest BCUT2D eigenvalue weighted by Crippen LogP contribution is 2.41. The molecule has 0 amide bonds. The molecule has 116 valence electrons. The van der Waals surface area contributed by atoms with E-state index in [4.69, 9.17) is 0 Å². The second kappa shape index (κ2) is 5.71. The molecular formula is C18H28N2O. The average molecular weight is 288 g/mol. The maximum Gasteiger partial charge on any atom is 0.0948 e. The average Bonchev–Trinajstić information content (AvgIpc) is 2.85. The number of aliphatic hydroxyl groups excluding tert-OH is 1. The van der Waals surface area contributed by atoms with Crippen molar-refractivity contribution in [3.63, 3.8) is 0 Å². The Labute approximate surface area is 128 Å². The molecule has 0 saturated carbocycles. The number of hydrogen-bond donors (Lipinski definition) is 1. The van der Waals surface area contributed by atoms with Crippen LogP contribution in [0.25, 0.3) is 0 Å². The van der Waals surface area contributed by atoms with E-state index >= 15 is 0 Å². The van der Waals surface area contributed by atoms with E-state index in [1.165, 1.54) is 5.56 Å². The SMILES string of the molecule is CC1CC(N2CC(C)C(N(C)C)C2)C(O)c2ccccc21. The Kier molecular flexibility index (Phi) is 4.08. The Hall–Kier alpha value is -0.900. The van der Waals surface area contributed by atoms with Crippen LogP contribution in [0.15, 0.2) is 24.3 Å². The van der Waals surface area contributed by atoms with Crippen molar-refractivity contribution in [2.75, 3.05) is 27.2 Å². The van der Waals surface area contributed by atoms with E-state index in [0.717, 1.165) is 25.1 Å². The second-order valence-corrected chi connectivity index (χ2v) is 7.24. The molecular weight excluding hydrogens is 260 g/mol. The molecule has 3 rings (SSSR count). The summed E-state index contributed by atoms with van der Waals surface area (Å²) < 4.78 is 0. The summed E-state index contributed by atoms with van der Waals surface area (Å²) in [6, 6.07) is 9.28. The Morgan fingerprint density at radius 2 is 1.76 bits per heavy atom. The van der Waals surface area contributed by atoms with E-state index in [9.17, 15) is 5.11 Å². The monoisotopic (exact) mass is 288 g/mol. The first kappa shape index (κ1) is 15.0. The highest BCUT2D eigenvalue weighted by atomic mass is 16.3. The van der Waals surface area contributed by atoms with Crippen LogP contribution in [-0.2, 0) is 0 Å². The Bertz CT molecular complexity index is 502. The van der Waals surface area contributed by atoms with Gasteiger partial charge in [-0.1, -0.05) is 38.1 Å². The van der Waals surface area contributed by atoms with Crippen LogP contribution in [0.3, 0.4) is 0 Å². The predicted octanol–water partition coefficient (Wildman–Crippen LogP) is 2.48. The maximum atomic E-state index is 10.9. The van der Waals surface area contributed by atoms with Crippen LogP contribution >= 0.6 is 0 Å². The summed E-state index contributed by atoms with van der Waals surface area (Å²) in [5, 5.41) is 10.9. The second-order valence-electron chi connectivity index (χ2n) is 7.24. The van der Waals surface area contributed by atoms with Crippen LogP contribution in [-0.4, -0.2) is 54.2 Å². The zero-order valence-corrected chi connectivity index (χ0v) is 13.7. The van der Waals surface area contributed by atoms with Gasteiger partial charge in [0.2, 0.25) is 0 Å². The first-order valence-corrected chi connectivity index (χ1v) is 8.16. The Balaban J connectivity index is 1.82. The van der Waals surface area contributed by atoms with Crippen molar-refractivity contribution in [1.29, 1.82) is 0 Å². The van der Waals surface area contributed by atoms with Gasteiger partial charge in [-0.2, -0.15) is 0 Å². The molecule has 1 heterocycles. The van der Waals surface area contributed by atoms with Crippen molar-refractivity contribution in [3.05, 3.63) is 35.4 Å². The molecule has 1 saturated heterocycles. The van der Waals surface area contributed by atoms with Gasteiger partial charge in [0.1, 0.15) is 0 Å². The van der Waals surface area contributed by atoms with E-state index in [1.54, 1.807) is 0 Å². The van der Waals surface area contributed by atoms with Crippen molar-refractivity contribution >= 4 is 0 Å². The molecule has 0 spiro atoms. The molecule has 3 nitrogen and oxygen atoms in total. The van der Waals surface area contributed by atoms with Crippen LogP contribution in [0.5, 0.6) is 0 Å². The number of nitrogens with zero attached hydrogens (tertiary/aromatic N) is 2. The van der Waals surface area contributed by atoms with E-state index in [-0.39, 0.29) is 12.1 Å². The molecule has 3 heteroatoms. The smallest absolute Gasteiger partial charge is 0.0948 e. The lowest BCUT2D eigenvalue weighted by Gasteiger charge is -2.39. The zero-order valence-electron chi connectivity index (χ0n) is 13.7. The molecule has 5 unspecified atom stereocenters. The summed E-state index contributed by atoms with van der Waals surface area (Å²) in [5.41, 5.74) is 2.47. The summed E-state index contributed by atoms with van der Waals surface area (Å²) in [6.45, 7) is 6.79. The fourth-order valence-electron chi connectivity index (χ4n) is 4.33. The molecule has 21 heavy (non-hydrogen) atoms. The third-order valence-electron chi connectivity index (χ3n) is 5.54. The highest BCUT2D eigenvalue weighted by Gasteiger charge is 2.41. The maximum absolute atomic E-state index is 10.9. The van der Waals surface area contributed by atoms with Crippen molar-refractivity contribution in [2.24, 2.45) is 5.92 Å². The Morgan fingerprint density at radius 1 is 1.10 bits per heavy atom. The fraction of sp³-hybridized carbons (Fsp3) is 0.667. The van der Waals surface area contributed by atoms with E-state index < -0.39 is 0 Å². The minimum atomic E-state index is -0.342. The molecule has 1 N–H and O–H groups in total. The van der Waals surface area contributed by atoms with Crippen molar-refractivity contribution in [3.8, 4) is 0 Å². The normalized spacial score (nSPS) is 37.0. The van der Waals surface area contributed by atoms with Gasteiger partial charge >= 0.3 is 0 Å². The number of rotatable bonds is 2. The largest absolute Gasteiger partial charge is 0.387 e. The van der Waals surface area contributed by atoms with Gasteiger partial charge in [0.15, 0.2) is 0 Å². The zero-order chi connectivity index (χ0) is 15.1. The number of aliphatic hydroxyl groups is 1. The van der Waals surface area contributed by atoms with Crippen molar-refractivity contribution in [2.45, 2.75) is 44.4 Å². The van der Waals surface area contributed by atoms with Crippen LogP contribution in [0.4, 0.5) is 0 Å². The standard InChI is InChI=1S/C18H28N2O/c1-12-9-16(18(21)15-8-6-5-7-14(12)15)20-10-13(2)17(11-20)19(3)4/h5-8,12-13,16-18,21H,9-11H2,1-4H3. The minimum absolute atomic E-state index is 0.266. The van der Waals surface area contributed by atoms with Crippen LogP contribution in [0.2, 0.25) is 0 Å². The number of likely N-dealkylation sites (tertiary alicyclic amines) is 1. The number of hydrogen-bond acceptors (Lipinski definition) is 3. The Morgan fingerprint density at radius 3 is 2.38 bits per heavy atom. The lowest BCUT2D eigenvalue weighted by Crippen LogP contribution is -2.43. The third kappa shape index (κ3) is 2.63. The summed E-state index contributed by atoms with van der Waals surface area (Å²) in [6.07, 6.45) is 0.718. The van der Waals surface area contributed by atoms with Gasteiger partial charge in [0.05, 0.1) is 6.10 Å². The fourth-order valence-corrected chi connectivity index (χ4v) is 4.33. The number of benzene rings is 1. The molecule has 0 bridgehead atoms. The van der Waals surface area contributed by atoms with Gasteiger partial charge in [-0.05, 0) is 43.5 Å². The van der Waals surface area contributed by atoms with Gasteiger partial charge in [-0.3, -0.25) is 4.90 Å². The summed E-state index contributed by atoms with van der Waals surface area (Å²) in [4.78, 5) is 4.85. The summed E-state index contributed by atoms with van der Waals surface area (Å²) in [7, 11) is 4.33. The number of fused-ring (bicyclic) bond motifs is 1. The third-order valence-corrected chi connectivity index (χ3v) is 5.54. The quantitative estimate of drug-likeness (QED) is 0.905. The molecule has 1 aliphatic heterocycles. The van der Waals surface area contributed by atoms with Crippen LogP contribution in [0, 0.1) is 5.92 Å². The summed E-state index contributed by atoms with van der Waals surface area (Å²) >= 11 is 0. The topological polar surface area (TPSA) is 26.7 Å². The van der Waals surface area contributed by atoms with E-state index in [1.807, 2.05) is 6.07 Å². The summed E-state index contributed by atoms with van der Waals surface area (Å²) in [5.74, 6) is 1.20. The highest BCUT2D eigenvalue weighted by molar-refractivity contribution is 5.35. The molecule has 1 aromatic carbocycles. The number of likely N-dealkylation sites (N-methyl/N-ethyl adjacent to an activating group) is 1. The lowest BCUT2D eigenvalue weighted by molar-refractivity contribution is 0.0399. The first-order valence-electron chi connectivity index (χ1n) is 8.16. The lowest BCUT2D eigenvalue weighted by atomic mass is 9.79. The van der Waals surface area contributed by atoms with Crippen molar-refractivity contribution < 1.29 is 5.11 Å². The molecule has 2 aliphatic rings. The van der Waals surface area contributed by atoms with Gasteiger partial charge in [0, 0.05) is 25.2 Å². The van der Waals surface area contributed by atoms with Gasteiger partial charge in [-0.15, -0.1) is 0 Å². The van der Waals surface area contributed by atoms with E-state index in [2.05, 4.69) is 55.9 Å². The van der Waals surface area contributed by atoms with Crippen LogP contribution < -0.4 is 0 Å². The minimum Gasteiger partial charge on any atom is -0.387 e. The van der Waals surface area contributed by atoms with Crippen LogP contribution in [0.1, 0.15) is 43.4 Å². The molecule has 1 aromatic rings. The van der Waals surface area contributed by atoms with Gasteiger partial charge < -0.3 is 10.0 Å². The molecule has 1 fully saturated rings. The molecule has 0 aromatic heterocycles. The molecule has 1 aliphatic carbocycles. The van der Waals surface area contributed by atoms with Gasteiger partial charge in [-0.25, -0.2) is 0 Å². The van der Waals surface area contributed by atoms with Crippen molar-refractivity contribution in [1.82, 2.24) is 9.80 Å². The molecule has 0 radical (unpaired) electrons. The van der Waals surface area contributed by atoms with Gasteiger partial charge in [0.25, 0.3) is 0 Å². The first-order chi connectivity index (χ1) is 9.99. The van der Waals surface area contributed by atoms with E-state index in [0.29, 0.717) is 17.9 Å². The predicted molar refractivity (Wildman–Crippen MR) is 86.4 cm³/mol.